The van der Waals surface area contributed by atoms with Crippen LogP contribution in [0, 0.1) is 0 Å². The third-order valence-corrected chi connectivity index (χ3v) is 4.78. The van der Waals surface area contributed by atoms with Gasteiger partial charge in [-0.1, -0.05) is 0 Å². The first-order chi connectivity index (χ1) is 11.9. The normalized spacial score (nSPS) is 17.6. The van der Waals surface area contributed by atoms with Crippen molar-refractivity contribution in [2.24, 2.45) is 0 Å². The van der Waals surface area contributed by atoms with Gasteiger partial charge < -0.3 is 10.6 Å². The molecule has 1 atom stereocenters. The second-order valence-corrected chi connectivity index (χ2v) is 6.46. The standard InChI is InChI=1S/C14H16F3N5O2S/c15-14(16,17)10(21-3-1-18-2-4-21)8-19-11(23)9-7-20-13-22(12(9)24)5-6-25-13/h5-7,10,18H,1-4,8H2,(H,19,23). The van der Waals surface area contributed by atoms with E-state index >= 15 is 0 Å². The fraction of sp³-hybridized carbons (Fsp3) is 0.500. The first kappa shape index (κ1) is 17.8. The van der Waals surface area contributed by atoms with Gasteiger partial charge in [-0.3, -0.25) is 18.9 Å². The maximum absolute atomic E-state index is 13.3. The van der Waals surface area contributed by atoms with Crippen LogP contribution in [-0.4, -0.2) is 65.1 Å². The van der Waals surface area contributed by atoms with Gasteiger partial charge in [0.15, 0.2) is 4.96 Å². The van der Waals surface area contributed by atoms with Gasteiger partial charge in [-0.15, -0.1) is 11.3 Å². The zero-order valence-corrected chi connectivity index (χ0v) is 13.9. The molecule has 1 amide bonds. The molecule has 0 aliphatic carbocycles. The van der Waals surface area contributed by atoms with Crippen molar-refractivity contribution in [3.05, 3.63) is 33.7 Å². The van der Waals surface area contributed by atoms with Crippen LogP contribution in [0.15, 0.2) is 22.6 Å². The number of thiazole rings is 1. The Hall–Kier alpha value is -1.98. The smallest absolute Gasteiger partial charge is 0.350 e. The van der Waals surface area contributed by atoms with E-state index in [0.717, 1.165) is 6.20 Å². The topological polar surface area (TPSA) is 78.7 Å². The molecule has 1 aliphatic heterocycles. The number of piperazine rings is 1. The number of nitrogens with zero attached hydrogens (tertiary/aromatic N) is 3. The number of fused-ring (bicyclic) bond motifs is 1. The number of amides is 1. The van der Waals surface area contributed by atoms with E-state index in [9.17, 15) is 22.8 Å². The Morgan fingerprint density at radius 2 is 2.12 bits per heavy atom. The SMILES string of the molecule is O=C(NCC(N1CCNCC1)C(F)(F)F)c1cnc2sccn2c1=O. The van der Waals surface area contributed by atoms with Crippen LogP contribution in [-0.2, 0) is 0 Å². The van der Waals surface area contributed by atoms with Crippen molar-refractivity contribution >= 4 is 22.2 Å². The van der Waals surface area contributed by atoms with Crippen molar-refractivity contribution in [3.8, 4) is 0 Å². The molecule has 1 aliphatic rings. The maximum atomic E-state index is 13.3. The fourth-order valence-electron chi connectivity index (χ4n) is 2.71. The number of carbonyl (C=O) groups excluding carboxylic acids is 1. The Balaban J connectivity index is 1.74. The van der Waals surface area contributed by atoms with Crippen LogP contribution in [0.5, 0.6) is 0 Å². The van der Waals surface area contributed by atoms with Gasteiger partial charge in [0, 0.05) is 50.5 Å². The lowest BCUT2D eigenvalue weighted by Crippen LogP contribution is -2.57. The quantitative estimate of drug-likeness (QED) is 0.805. The molecule has 7 nitrogen and oxygen atoms in total. The van der Waals surface area contributed by atoms with E-state index < -0.39 is 30.2 Å². The number of aromatic nitrogens is 2. The summed E-state index contributed by atoms with van der Waals surface area (Å²) in [5, 5.41) is 6.85. The van der Waals surface area contributed by atoms with Crippen LogP contribution >= 0.6 is 11.3 Å². The van der Waals surface area contributed by atoms with E-state index in [1.165, 1.54) is 26.8 Å². The van der Waals surface area contributed by atoms with Crippen LogP contribution in [0.1, 0.15) is 10.4 Å². The van der Waals surface area contributed by atoms with Gasteiger partial charge in [0.2, 0.25) is 0 Å². The summed E-state index contributed by atoms with van der Waals surface area (Å²) in [6.07, 6.45) is -1.92. The average Bonchev–Trinajstić information content (AvgIpc) is 3.04. The predicted molar refractivity (Wildman–Crippen MR) is 86.0 cm³/mol. The summed E-state index contributed by atoms with van der Waals surface area (Å²) in [4.78, 5) is 30.1. The van der Waals surface area contributed by atoms with Gasteiger partial charge in [-0.25, -0.2) is 4.98 Å². The molecule has 25 heavy (non-hydrogen) atoms. The predicted octanol–water partition coefficient (Wildman–Crippen LogP) is 0.322. The number of alkyl halides is 3. The minimum absolute atomic E-state index is 0.241. The highest BCUT2D eigenvalue weighted by Gasteiger charge is 2.43. The van der Waals surface area contributed by atoms with Gasteiger partial charge >= 0.3 is 6.18 Å². The molecule has 0 radical (unpaired) electrons. The van der Waals surface area contributed by atoms with Crippen molar-refractivity contribution in [1.82, 2.24) is 24.9 Å². The van der Waals surface area contributed by atoms with E-state index in [2.05, 4.69) is 15.6 Å². The highest BCUT2D eigenvalue weighted by atomic mass is 32.1. The first-order valence-electron chi connectivity index (χ1n) is 7.62. The Bertz CT molecular complexity index is 813. The number of halogens is 3. The third kappa shape index (κ3) is 3.83. The zero-order chi connectivity index (χ0) is 18.0. The molecule has 0 saturated carbocycles. The Morgan fingerprint density at radius 3 is 2.80 bits per heavy atom. The average molecular weight is 375 g/mol. The molecule has 1 saturated heterocycles. The lowest BCUT2D eigenvalue weighted by Gasteiger charge is -2.35. The second kappa shape index (κ2) is 7.10. The fourth-order valence-corrected chi connectivity index (χ4v) is 3.39. The number of hydrogen-bond donors (Lipinski definition) is 2. The summed E-state index contributed by atoms with van der Waals surface area (Å²) in [6.45, 7) is 0.783. The number of nitrogens with one attached hydrogen (secondary N) is 2. The Labute approximate surface area is 144 Å². The van der Waals surface area contributed by atoms with Crippen LogP contribution in [0.4, 0.5) is 13.2 Å². The summed E-state index contributed by atoms with van der Waals surface area (Å²) in [5.41, 5.74) is -0.883. The number of hydrogen-bond acceptors (Lipinski definition) is 6. The molecular formula is C14H16F3N5O2S. The van der Waals surface area contributed by atoms with E-state index in [0.29, 0.717) is 18.1 Å². The lowest BCUT2D eigenvalue weighted by molar-refractivity contribution is -0.183. The van der Waals surface area contributed by atoms with Crippen LogP contribution < -0.4 is 16.2 Å². The third-order valence-electron chi connectivity index (χ3n) is 4.01. The monoisotopic (exact) mass is 375 g/mol. The van der Waals surface area contributed by atoms with Crippen LogP contribution in [0.25, 0.3) is 4.96 Å². The van der Waals surface area contributed by atoms with Crippen LogP contribution in [0.2, 0.25) is 0 Å². The van der Waals surface area contributed by atoms with E-state index in [-0.39, 0.29) is 18.7 Å². The molecule has 0 bridgehead atoms. The largest absolute Gasteiger partial charge is 0.405 e. The molecule has 1 unspecified atom stereocenters. The van der Waals surface area contributed by atoms with Gasteiger partial charge in [0.1, 0.15) is 11.6 Å². The molecule has 2 aromatic heterocycles. The minimum Gasteiger partial charge on any atom is -0.350 e. The molecule has 0 spiro atoms. The summed E-state index contributed by atoms with van der Waals surface area (Å²) < 4.78 is 41.1. The van der Waals surface area contributed by atoms with Crippen molar-refractivity contribution in [2.75, 3.05) is 32.7 Å². The van der Waals surface area contributed by atoms with E-state index in [1.807, 2.05) is 0 Å². The molecule has 3 rings (SSSR count). The van der Waals surface area contributed by atoms with Gasteiger partial charge in [0.25, 0.3) is 11.5 Å². The Kier molecular flexibility index (Phi) is 5.06. The first-order valence-corrected chi connectivity index (χ1v) is 8.50. The summed E-state index contributed by atoms with van der Waals surface area (Å²) >= 11 is 1.22. The van der Waals surface area contributed by atoms with Gasteiger partial charge in [-0.05, 0) is 0 Å². The molecule has 11 heteroatoms. The van der Waals surface area contributed by atoms with E-state index in [4.69, 9.17) is 0 Å². The van der Waals surface area contributed by atoms with Crippen molar-refractivity contribution < 1.29 is 18.0 Å². The minimum atomic E-state index is -4.48. The summed E-state index contributed by atoms with van der Waals surface area (Å²) in [7, 11) is 0. The lowest BCUT2D eigenvalue weighted by atomic mass is 10.2. The molecule has 2 aromatic rings. The number of rotatable bonds is 4. The molecular weight excluding hydrogens is 359 g/mol. The molecule has 2 N–H and O–H groups in total. The Morgan fingerprint density at radius 1 is 1.40 bits per heavy atom. The summed E-state index contributed by atoms with van der Waals surface area (Å²) in [5.74, 6) is -0.859. The van der Waals surface area contributed by atoms with Gasteiger partial charge in [0.05, 0.1) is 0 Å². The van der Waals surface area contributed by atoms with Gasteiger partial charge in [-0.2, -0.15) is 13.2 Å². The molecule has 3 heterocycles. The highest BCUT2D eigenvalue weighted by molar-refractivity contribution is 7.15. The molecule has 1 fully saturated rings. The zero-order valence-electron chi connectivity index (χ0n) is 13.0. The van der Waals surface area contributed by atoms with Crippen LogP contribution in [0.3, 0.4) is 0 Å². The summed E-state index contributed by atoms with van der Waals surface area (Å²) in [6, 6.07) is -1.79. The van der Waals surface area contributed by atoms with Crippen molar-refractivity contribution in [2.45, 2.75) is 12.2 Å². The molecule has 136 valence electrons. The maximum Gasteiger partial charge on any atom is 0.405 e. The highest BCUT2D eigenvalue weighted by Crippen LogP contribution is 2.24. The van der Waals surface area contributed by atoms with Crippen molar-refractivity contribution in [1.29, 1.82) is 0 Å². The van der Waals surface area contributed by atoms with Crippen molar-refractivity contribution in [3.63, 3.8) is 0 Å². The second-order valence-electron chi connectivity index (χ2n) is 5.59. The molecule has 0 aromatic carbocycles. The van der Waals surface area contributed by atoms with E-state index in [1.54, 1.807) is 5.38 Å². The number of carbonyl (C=O) groups is 1.